The van der Waals surface area contributed by atoms with Gasteiger partial charge in [0.15, 0.2) is 0 Å². The van der Waals surface area contributed by atoms with Crippen molar-refractivity contribution in [2.75, 3.05) is 20.1 Å². The molecule has 1 aliphatic rings. The molecule has 1 aliphatic heterocycles. The predicted octanol–water partition coefficient (Wildman–Crippen LogP) is 0.876. The number of hydrogen-bond acceptors (Lipinski definition) is 8. The molecule has 0 saturated carbocycles. The molecule has 2 aromatic rings. The predicted molar refractivity (Wildman–Crippen MR) is 109 cm³/mol. The van der Waals surface area contributed by atoms with E-state index in [0.29, 0.717) is 16.9 Å². The number of amides is 1. The molecule has 30 heavy (non-hydrogen) atoms. The van der Waals surface area contributed by atoms with Crippen LogP contribution >= 0.6 is 0 Å². The van der Waals surface area contributed by atoms with Gasteiger partial charge < -0.3 is 24.3 Å². The first-order valence-corrected chi connectivity index (χ1v) is 9.57. The molecule has 0 radical (unpaired) electrons. The zero-order chi connectivity index (χ0) is 22.1. The number of carbonyl (C=O) groups excluding carboxylic acids is 3. The summed E-state index contributed by atoms with van der Waals surface area (Å²) in [6.45, 7) is 7.13. The van der Waals surface area contributed by atoms with Gasteiger partial charge in [-0.2, -0.15) is 0 Å². The van der Waals surface area contributed by atoms with Crippen molar-refractivity contribution in [1.82, 2.24) is 20.2 Å². The second kappa shape index (κ2) is 8.35. The van der Waals surface area contributed by atoms with Crippen LogP contribution < -0.4 is 10.9 Å². The average molecular weight is 416 g/mol. The third-order valence-corrected chi connectivity index (χ3v) is 4.23. The van der Waals surface area contributed by atoms with E-state index in [0.717, 1.165) is 5.39 Å². The molecule has 0 bridgehead atoms. The van der Waals surface area contributed by atoms with Gasteiger partial charge in [-0.05, 0) is 52.9 Å². The number of nitrogens with one attached hydrogen (secondary N) is 2. The number of alkyl carbamates (subject to hydrolysis) is 1. The molecule has 1 atom stereocenters. The van der Waals surface area contributed by atoms with E-state index in [2.05, 4.69) is 15.3 Å². The van der Waals surface area contributed by atoms with E-state index in [-0.39, 0.29) is 13.1 Å². The molecule has 160 valence electrons. The lowest BCUT2D eigenvalue weighted by atomic mass is 9.84. The summed E-state index contributed by atoms with van der Waals surface area (Å²) in [5.41, 5.74) is 0.909. The number of H-pyrrole nitrogens is 1. The first-order chi connectivity index (χ1) is 14.0. The maximum atomic E-state index is 12.0. The van der Waals surface area contributed by atoms with Crippen LogP contribution in [-0.2, 0) is 23.6 Å². The third-order valence-electron chi connectivity index (χ3n) is 4.23. The number of hydrogen-bond donors (Lipinski definition) is 2. The summed E-state index contributed by atoms with van der Waals surface area (Å²) in [7, 11) is 0.456. The number of rotatable bonds is 3. The van der Waals surface area contributed by atoms with Crippen molar-refractivity contribution in [3.05, 3.63) is 23.9 Å². The number of nitrogens with zero attached hydrogens (tertiary/aromatic N) is 2. The third kappa shape index (κ3) is 5.50. The lowest BCUT2D eigenvalue weighted by molar-refractivity contribution is -0.145. The number of aromatic nitrogens is 2. The summed E-state index contributed by atoms with van der Waals surface area (Å²) < 4.78 is 15.8. The topological polar surface area (TPSA) is 123 Å². The van der Waals surface area contributed by atoms with Crippen molar-refractivity contribution in [2.45, 2.75) is 39.3 Å². The molecular weight excluding hydrogens is 391 g/mol. The van der Waals surface area contributed by atoms with Crippen LogP contribution in [0.3, 0.4) is 0 Å². The monoisotopic (exact) mass is 416 g/mol. The van der Waals surface area contributed by atoms with Crippen LogP contribution in [0.5, 0.6) is 0 Å². The molecule has 0 unspecified atom stereocenters. The van der Waals surface area contributed by atoms with E-state index in [9.17, 15) is 14.4 Å². The van der Waals surface area contributed by atoms with E-state index in [4.69, 9.17) is 14.0 Å². The zero-order valence-electron chi connectivity index (χ0n) is 17.6. The fourth-order valence-corrected chi connectivity index (χ4v) is 2.93. The van der Waals surface area contributed by atoms with Crippen LogP contribution in [0, 0.1) is 0 Å². The lowest BCUT2D eigenvalue weighted by Gasteiger charge is -2.21. The van der Waals surface area contributed by atoms with Gasteiger partial charge >= 0.3 is 25.2 Å². The maximum absolute atomic E-state index is 12.0. The normalized spacial score (nSPS) is 17.0. The quantitative estimate of drug-likeness (QED) is 0.707. The Morgan fingerprint density at radius 3 is 2.50 bits per heavy atom. The highest BCUT2D eigenvalue weighted by Crippen LogP contribution is 2.17. The van der Waals surface area contributed by atoms with Crippen molar-refractivity contribution in [1.29, 1.82) is 0 Å². The summed E-state index contributed by atoms with van der Waals surface area (Å²) in [6.07, 6.45) is -0.539. The second-order valence-corrected chi connectivity index (χ2v) is 8.25. The standard InChI is InChI=1S/C19H25BN4O6/c1-11(21-18(27)28-19(2,3)4)13-7-6-12-8-14(23-17(12)22-13)20-29-15(25)9-24(5)10-16(26)30-20/h6-8,11H,9-10H2,1-5H3,(H,21,27)(H,22,23)/t11-/m1/s1. The first-order valence-electron chi connectivity index (χ1n) is 9.57. The van der Waals surface area contributed by atoms with Crippen LogP contribution in [0.1, 0.15) is 39.4 Å². The Labute approximate surface area is 174 Å². The SMILES string of the molecule is C[C@@H](NC(=O)OC(C)(C)C)c1ccc2cc(B3OC(=O)CN(C)CC(=O)O3)[nH]c2n1. The fourth-order valence-electron chi connectivity index (χ4n) is 2.93. The van der Waals surface area contributed by atoms with Crippen LogP contribution in [-0.4, -0.2) is 65.8 Å². The Kier molecular flexibility index (Phi) is 6.02. The maximum Gasteiger partial charge on any atom is 0.653 e. The summed E-state index contributed by atoms with van der Waals surface area (Å²) >= 11 is 0. The molecule has 3 rings (SSSR count). The van der Waals surface area contributed by atoms with Gasteiger partial charge in [-0.1, -0.05) is 0 Å². The number of likely N-dealkylation sites (N-methyl/N-ethyl adjacent to an activating group) is 1. The van der Waals surface area contributed by atoms with Crippen LogP contribution in [0.25, 0.3) is 11.0 Å². The van der Waals surface area contributed by atoms with Gasteiger partial charge in [-0.15, -0.1) is 0 Å². The Hall–Kier alpha value is -3.08. The Balaban J connectivity index is 1.77. The van der Waals surface area contributed by atoms with E-state index in [1.165, 1.54) is 4.90 Å². The summed E-state index contributed by atoms with van der Waals surface area (Å²) in [6, 6.07) is 4.89. The van der Waals surface area contributed by atoms with E-state index in [1.54, 1.807) is 46.9 Å². The van der Waals surface area contributed by atoms with Gasteiger partial charge in [0.25, 0.3) is 0 Å². The van der Waals surface area contributed by atoms with Crippen molar-refractivity contribution < 1.29 is 28.4 Å². The van der Waals surface area contributed by atoms with Gasteiger partial charge in [0.1, 0.15) is 11.2 Å². The highest BCUT2D eigenvalue weighted by molar-refractivity contribution is 6.64. The number of ether oxygens (including phenoxy) is 1. The van der Waals surface area contributed by atoms with Crippen molar-refractivity contribution in [2.24, 2.45) is 0 Å². The highest BCUT2D eigenvalue weighted by Gasteiger charge is 2.35. The zero-order valence-corrected chi connectivity index (χ0v) is 17.6. The number of fused-ring (bicyclic) bond motifs is 1. The van der Waals surface area contributed by atoms with E-state index >= 15 is 0 Å². The number of pyridine rings is 1. The largest absolute Gasteiger partial charge is 0.653 e. The van der Waals surface area contributed by atoms with Crippen LogP contribution in [0.15, 0.2) is 18.2 Å². The Morgan fingerprint density at radius 1 is 1.27 bits per heavy atom. The molecule has 1 amide bonds. The molecule has 1 fully saturated rings. The highest BCUT2D eigenvalue weighted by atomic mass is 16.6. The molecule has 10 nitrogen and oxygen atoms in total. The molecule has 2 aromatic heterocycles. The lowest BCUT2D eigenvalue weighted by Crippen LogP contribution is -2.48. The number of aromatic amines is 1. The number of carbonyl (C=O) groups is 3. The van der Waals surface area contributed by atoms with Crippen LogP contribution in [0.2, 0.25) is 0 Å². The van der Waals surface area contributed by atoms with Gasteiger partial charge in [-0.25, -0.2) is 9.78 Å². The van der Waals surface area contributed by atoms with Gasteiger partial charge in [0, 0.05) is 5.39 Å². The van der Waals surface area contributed by atoms with Crippen molar-refractivity contribution in [3.63, 3.8) is 0 Å². The molecule has 0 aromatic carbocycles. The van der Waals surface area contributed by atoms with E-state index in [1.807, 2.05) is 6.07 Å². The molecule has 1 saturated heterocycles. The van der Waals surface area contributed by atoms with Gasteiger partial charge in [-0.3, -0.25) is 14.5 Å². The van der Waals surface area contributed by atoms with Gasteiger partial charge in [0.05, 0.1) is 30.4 Å². The van der Waals surface area contributed by atoms with Crippen LogP contribution in [0.4, 0.5) is 4.79 Å². The van der Waals surface area contributed by atoms with Crippen molar-refractivity contribution >= 4 is 41.8 Å². The van der Waals surface area contributed by atoms with Crippen molar-refractivity contribution in [3.8, 4) is 0 Å². The van der Waals surface area contributed by atoms with E-state index < -0.39 is 36.8 Å². The average Bonchev–Trinajstić information content (AvgIpc) is 3.00. The molecule has 3 heterocycles. The minimum Gasteiger partial charge on any atom is -0.493 e. The minimum absolute atomic E-state index is 0.0118. The Bertz CT molecular complexity index is 950. The summed E-state index contributed by atoms with van der Waals surface area (Å²) in [5.74, 6) is -1.00. The smallest absolute Gasteiger partial charge is 0.493 e. The molecular formula is C19H25BN4O6. The second-order valence-electron chi connectivity index (χ2n) is 8.25. The fraction of sp³-hybridized carbons (Fsp3) is 0.474. The summed E-state index contributed by atoms with van der Waals surface area (Å²) in [5, 5.41) is 3.48. The Morgan fingerprint density at radius 2 is 1.90 bits per heavy atom. The molecule has 0 aliphatic carbocycles. The minimum atomic E-state index is -1.17. The first kappa shape index (κ1) is 21.6. The summed E-state index contributed by atoms with van der Waals surface area (Å²) in [4.78, 5) is 45.0. The molecule has 0 spiro atoms. The van der Waals surface area contributed by atoms with Gasteiger partial charge in [0.2, 0.25) is 0 Å². The molecule has 11 heteroatoms. The molecule has 2 N–H and O–H groups in total.